The number of nitrogens with zero attached hydrogens (tertiary/aromatic N) is 1. The number of allylic oxidation sites excluding steroid dienone is 5. The van der Waals surface area contributed by atoms with Gasteiger partial charge in [-0.05, 0) is 101 Å². The molecule has 2 aliphatic heterocycles. The third kappa shape index (κ3) is 7.04. The summed E-state index contributed by atoms with van der Waals surface area (Å²) in [7, 11) is 0. The molecule has 46 heavy (non-hydrogen) atoms. The third-order valence-electron chi connectivity index (χ3n) is 12.3. The predicted octanol–water partition coefficient (Wildman–Crippen LogP) is 8.91. The SMILES string of the molecule is C=C1CC[C@@]2(O)C3CC4C=CC(OCOC(=O)CCCCCCC/C=C/CCCCCCCC)=C5O[C@@H]1[C@]2(CCN3CC1CC1)C54. The molecule has 6 nitrogen and oxygen atoms in total. The van der Waals surface area contributed by atoms with Crippen molar-refractivity contribution >= 4 is 5.97 Å². The Balaban J connectivity index is 0.907. The summed E-state index contributed by atoms with van der Waals surface area (Å²) in [6.45, 7) is 8.73. The Bertz CT molecular complexity index is 1150. The maximum atomic E-state index is 12.6. The zero-order valence-electron chi connectivity index (χ0n) is 28.7. The number of likely N-dealkylation sites (tertiary alicyclic amines) is 1. The van der Waals surface area contributed by atoms with E-state index in [2.05, 4.69) is 36.6 Å². The van der Waals surface area contributed by atoms with Crippen molar-refractivity contribution in [2.75, 3.05) is 19.9 Å². The van der Waals surface area contributed by atoms with Gasteiger partial charge in [-0.2, -0.15) is 0 Å². The second-order valence-electron chi connectivity index (χ2n) is 15.4. The summed E-state index contributed by atoms with van der Waals surface area (Å²) in [4.78, 5) is 15.1. The van der Waals surface area contributed by atoms with E-state index in [-0.39, 0.29) is 36.2 Å². The zero-order valence-corrected chi connectivity index (χ0v) is 28.7. The Morgan fingerprint density at radius 1 is 1.04 bits per heavy atom. The summed E-state index contributed by atoms with van der Waals surface area (Å²) in [5, 5.41) is 12.6. The first-order chi connectivity index (χ1) is 22.5. The number of rotatable bonds is 20. The van der Waals surface area contributed by atoms with Gasteiger partial charge in [-0.3, -0.25) is 9.69 Å². The molecular weight excluding hydrogens is 574 g/mol. The molecule has 4 aliphatic carbocycles. The van der Waals surface area contributed by atoms with Crippen molar-refractivity contribution in [1.82, 2.24) is 4.90 Å². The average Bonchev–Trinajstić information content (AvgIpc) is 3.79. The Morgan fingerprint density at radius 2 is 1.76 bits per heavy atom. The highest BCUT2D eigenvalue weighted by atomic mass is 16.7. The van der Waals surface area contributed by atoms with E-state index >= 15 is 0 Å². The Kier molecular flexibility index (Phi) is 11.4. The molecule has 256 valence electrons. The Labute approximate surface area is 278 Å². The van der Waals surface area contributed by atoms with E-state index < -0.39 is 5.60 Å². The van der Waals surface area contributed by atoms with Gasteiger partial charge in [0, 0.05) is 24.9 Å². The monoisotopic (exact) mass is 635 g/mol. The lowest BCUT2D eigenvalue weighted by molar-refractivity contribution is -0.240. The van der Waals surface area contributed by atoms with E-state index in [0.29, 0.717) is 18.1 Å². The first-order valence-electron chi connectivity index (χ1n) is 19.1. The molecule has 0 aromatic heterocycles. The van der Waals surface area contributed by atoms with Crippen LogP contribution in [0.5, 0.6) is 0 Å². The summed E-state index contributed by atoms with van der Waals surface area (Å²) in [5.74, 6) is 2.52. The standard InChI is InChI=1S/C40H61NO5/c1-3-4-5-6-7-8-9-10-11-12-13-14-15-16-17-18-35(42)45-29-44-33-22-21-32-27-34-40(43)24-23-30(2)38-39(40,36(32)37(33)46-38)25-26-41(34)28-31-19-20-31/h10-11,21-22,31-32,34,36,38,43H,2-9,12-20,23-29H2,1H3/b11-10+/t32?,34?,36?,38-,39-,40+/m0/s1. The largest absolute Gasteiger partial charge is 0.485 e. The van der Waals surface area contributed by atoms with Crippen molar-refractivity contribution in [2.24, 2.45) is 23.2 Å². The minimum Gasteiger partial charge on any atom is -0.485 e. The van der Waals surface area contributed by atoms with Gasteiger partial charge in [0.2, 0.25) is 6.79 Å². The molecule has 6 aliphatic rings. The molecule has 0 aromatic rings. The molecule has 0 amide bonds. The normalized spacial score (nSPS) is 33.0. The Hall–Kier alpha value is -2.05. The second kappa shape index (κ2) is 15.4. The molecule has 0 aromatic carbocycles. The third-order valence-corrected chi connectivity index (χ3v) is 12.3. The molecule has 1 spiro atoms. The molecule has 3 saturated carbocycles. The number of esters is 1. The first kappa shape index (κ1) is 33.8. The summed E-state index contributed by atoms with van der Waals surface area (Å²) in [6.07, 6.45) is 31.5. The highest BCUT2D eigenvalue weighted by Crippen LogP contribution is 2.70. The molecule has 0 radical (unpaired) electrons. The van der Waals surface area contributed by atoms with E-state index in [9.17, 15) is 9.90 Å². The Morgan fingerprint density at radius 3 is 2.50 bits per heavy atom. The van der Waals surface area contributed by atoms with Crippen LogP contribution in [0.1, 0.15) is 135 Å². The molecule has 6 atom stereocenters. The van der Waals surface area contributed by atoms with Crippen LogP contribution in [0.15, 0.2) is 48.0 Å². The maximum Gasteiger partial charge on any atom is 0.308 e. The van der Waals surface area contributed by atoms with Crippen molar-refractivity contribution in [3.8, 4) is 0 Å². The molecular formula is C40H61NO5. The van der Waals surface area contributed by atoms with Crippen molar-refractivity contribution in [3.05, 3.63) is 48.0 Å². The van der Waals surface area contributed by atoms with Crippen LogP contribution in [0.3, 0.4) is 0 Å². The van der Waals surface area contributed by atoms with Gasteiger partial charge in [-0.15, -0.1) is 0 Å². The number of piperidine rings is 1. The highest BCUT2D eigenvalue weighted by Gasteiger charge is 2.76. The van der Waals surface area contributed by atoms with Crippen molar-refractivity contribution in [1.29, 1.82) is 0 Å². The number of aliphatic hydroxyl groups is 1. The predicted molar refractivity (Wildman–Crippen MR) is 183 cm³/mol. The lowest BCUT2D eigenvalue weighted by atomic mass is 9.44. The summed E-state index contributed by atoms with van der Waals surface area (Å²) in [5.41, 5.74) is -0.0281. The highest BCUT2D eigenvalue weighted by molar-refractivity contribution is 5.69. The fourth-order valence-corrected chi connectivity index (χ4v) is 9.68. The lowest BCUT2D eigenvalue weighted by Crippen LogP contribution is -2.75. The first-order valence-corrected chi connectivity index (χ1v) is 19.1. The fraction of sp³-hybridized carbons (Fsp3) is 0.775. The minimum atomic E-state index is -0.776. The summed E-state index contributed by atoms with van der Waals surface area (Å²) >= 11 is 0. The molecule has 2 heterocycles. The van der Waals surface area contributed by atoms with E-state index in [1.165, 1.54) is 77.0 Å². The molecule has 3 unspecified atom stereocenters. The molecule has 2 saturated heterocycles. The number of ether oxygens (including phenoxy) is 3. The maximum absolute atomic E-state index is 12.6. The zero-order chi connectivity index (χ0) is 32.0. The van der Waals surface area contributed by atoms with Crippen molar-refractivity contribution in [3.63, 3.8) is 0 Å². The molecule has 6 heteroatoms. The van der Waals surface area contributed by atoms with Crippen LogP contribution in [0, 0.1) is 23.2 Å². The van der Waals surface area contributed by atoms with Crippen molar-refractivity contribution < 1.29 is 24.1 Å². The van der Waals surface area contributed by atoms with Gasteiger partial charge in [0.25, 0.3) is 0 Å². The van der Waals surface area contributed by atoms with Crippen LogP contribution in [0.2, 0.25) is 0 Å². The molecule has 5 fully saturated rings. The van der Waals surface area contributed by atoms with Gasteiger partial charge in [-0.1, -0.05) is 83.1 Å². The van der Waals surface area contributed by atoms with Gasteiger partial charge in [0.1, 0.15) is 11.9 Å². The van der Waals surface area contributed by atoms with Gasteiger partial charge in [0.05, 0.1) is 11.0 Å². The van der Waals surface area contributed by atoms with Gasteiger partial charge in [-0.25, -0.2) is 0 Å². The van der Waals surface area contributed by atoms with Gasteiger partial charge >= 0.3 is 5.97 Å². The van der Waals surface area contributed by atoms with Crippen LogP contribution in [-0.4, -0.2) is 53.6 Å². The summed E-state index contributed by atoms with van der Waals surface area (Å²) in [6, 6.07) is 0.172. The number of hydrogen-bond donors (Lipinski definition) is 1. The summed E-state index contributed by atoms with van der Waals surface area (Å²) < 4.78 is 18.3. The van der Waals surface area contributed by atoms with E-state index in [4.69, 9.17) is 14.2 Å². The van der Waals surface area contributed by atoms with Gasteiger partial charge in [0.15, 0.2) is 5.76 Å². The quantitative estimate of drug-likeness (QED) is 0.0624. The van der Waals surface area contributed by atoms with E-state index in [0.717, 1.165) is 75.3 Å². The van der Waals surface area contributed by atoms with Crippen LogP contribution >= 0.6 is 0 Å². The molecule has 6 rings (SSSR count). The van der Waals surface area contributed by atoms with Gasteiger partial charge < -0.3 is 19.3 Å². The molecule has 2 bridgehead atoms. The fourth-order valence-electron chi connectivity index (χ4n) is 9.68. The average molecular weight is 636 g/mol. The smallest absolute Gasteiger partial charge is 0.308 e. The van der Waals surface area contributed by atoms with Crippen LogP contribution in [-0.2, 0) is 19.0 Å². The van der Waals surface area contributed by atoms with E-state index in [1.54, 1.807) is 0 Å². The molecule has 1 N–H and O–H groups in total. The lowest BCUT2D eigenvalue weighted by Gasteiger charge is -2.66. The van der Waals surface area contributed by atoms with E-state index in [1.807, 2.05) is 6.08 Å². The second-order valence-corrected chi connectivity index (χ2v) is 15.4. The van der Waals surface area contributed by atoms with Crippen LogP contribution in [0.25, 0.3) is 0 Å². The van der Waals surface area contributed by atoms with Crippen molar-refractivity contribution in [2.45, 2.75) is 153 Å². The minimum absolute atomic E-state index is 0.0883. The number of unbranched alkanes of at least 4 members (excludes halogenated alkanes) is 11. The topological polar surface area (TPSA) is 68.2 Å². The number of carbonyl (C=O) groups excluding carboxylic acids is 1. The van der Waals surface area contributed by atoms with Crippen LogP contribution in [0.4, 0.5) is 0 Å². The van der Waals surface area contributed by atoms with Crippen LogP contribution < -0.4 is 0 Å². The number of hydrogen-bond acceptors (Lipinski definition) is 6. The number of carbonyl (C=O) groups is 1.